The molecule has 15 heavy (non-hydrogen) atoms. The lowest BCUT2D eigenvalue weighted by Crippen LogP contribution is -2.31. The van der Waals surface area contributed by atoms with Crippen molar-refractivity contribution in [3.8, 4) is 0 Å². The minimum atomic E-state index is -0.307. The van der Waals surface area contributed by atoms with Gasteiger partial charge in [0, 0.05) is 18.3 Å². The first-order chi connectivity index (χ1) is 7.24. The predicted octanol–water partition coefficient (Wildman–Crippen LogP) is 2.23. The summed E-state index contributed by atoms with van der Waals surface area (Å²) in [7, 11) is 1.39. The molecule has 0 bridgehead atoms. The van der Waals surface area contributed by atoms with E-state index in [1.54, 1.807) is 6.20 Å². The van der Waals surface area contributed by atoms with Crippen LogP contribution in [-0.4, -0.2) is 19.1 Å². The summed E-state index contributed by atoms with van der Waals surface area (Å²) in [5.74, 6) is 0.444. The maximum atomic E-state index is 10.8. The fraction of sp³-hybridized carbons (Fsp3) is 0.750. The molecule has 0 saturated heterocycles. The first-order valence-corrected chi connectivity index (χ1v) is 5.74. The van der Waals surface area contributed by atoms with Gasteiger partial charge in [0.2, 0.25) is 0 Å². The Hall–Kier alpha value is -0.990. The molecule has 1 aliphatic rings. The number of rotatable bonds is 4. The summed E-state index contributed by atoms with van der Waals surface area (Å²) in [6.07, 6.45) is 9.81. The molecule has 0 aromatic carbocycles. The van der Waals surface area contributed by atoms with E-state index in [-0.39, 0.29) is 5.97 Å². The van der Waals surface area contributed by atoms with Gasteiger partial charge in [-0.2, -0.15) is 0 Å². The molecule has 3 heteroatoms. The Morgan fingerprint density at radius 3 is 2.67 bits per heavy atom. The molecule has 0 unspecified atom stereocenters. The number of ether oxygens (including phenoxy) is 1. The van der Waals surface area contributed by atoms with E-state index in [2.05, 4.69) is 17.0 Å². The number of hydrogen-bond donors (Lipinski definition) is 1. The summed E-state index contributed by atoms with van der Waals surface area (Å²) >= 11 is 0. The van der Waals surface area contributed by atoms with Crippen molar-refractivity contribution < 1.29 is 9.53 Å². The summed E-state index contributed by atoms with van der Waals surface area (Å²) in [6, 6.07) is 0.450. The van der Waals surface area contributed by atoms with Gasteiger partial charge in [0.15, 0.2) is 0 Å². The van der Waals surface area contributed by atoms with Gasteiger partial charge in [0.1, 0.15) is 0 Å². The summed E-state index contributed by atoms with van der Waals surface area (Å²) in [4.78, 5) is 10.8. The Balaban J connectivity index is 2.25. The van der Waals surface area contributed by atoms with Gasteiger partial charge in [-0.1, -0.05) is 19.3 Å². The monoisotopic (exact) mass is 211 g/mol. The molecule has 3 nitrogen and oxygen atoms in total. The molecule has 1 N–H and O–H groups in total. The SMILES string of the molecule is COC(=O)/C=C/N[C@H](C)C1CCCCC1. The molecule has 0 heterocycles. The van der Waals surface area contributed by atoms with Crippen LogP contribution in [0.25, 0.3) is 0 Å². The van der Waals surface area contributed by atoms with Crippen LogP contribution in [0, 0.1) is 5.92 Å². The molecule has 1 saturated carbocycles. The van der Waals surface area contributed by atoms with Crippen molar-refractivity contribution in [3.63, 3.8) is 0 Å². The molecule has 1 atom stereocenters. The van der Waals surface area contributed by atoms with Crippen molar-refractivity contribution in [2.45, 2.75) is 45.1 Å². The number of methoxy groups -OCH3 is 1. The fourth-order valence-corrected chi connectivity index (χ4v) is 2.11. The molecule has 1 rings (SSSR count). The molecule has 86 valence electrons. The third kappa shape index (κ3) is 4.36. The number of hydrogen-bond acceptors (Lipinski definition) is 3. The van der Waals surface area contributed by atoms with Crippen molar-refractivity contribution in [1.29, 1.82) is 0 Å². The molecule has 0 aromatic rings. The lowest BCUT2D eigenvalue weighted by atomic mass is 9.85. The standard InChI is InChI=1S/C12H21NO2/c1-10(11-6-4-3-5-7-11)13-9-8-12(14)15-2/h8-11,13H,3-7H2,1-2H3/b9-8+/t10-/m1/s1. The quantitative estimate of drug-likeness (QED) is 0.572. The molecule has 0 amide bonds. The van der Waals surface area contributed by atoms with Gasteiger partial charge in [-0.05, 0) is 25.7 Å². The maximum absolute atomic E-state index is 10.8. The van der Waals surface area contributed by atoms with Crippen LogP contribution >= 0.6 is 0 Å². The highest BCUT2D eigenvalue weighted by molar-refractivity contribution is 5.81. The number of esters is 1. The smallest absolute Gasteiger partial charge is 0.331 e. The molecular formula is C12H21NO2. The number of carbonyl (C=O) groups excluding carboxylic acids is 1. The second-order valence-corrected chi connectivity index (χ2v) is 4.21. The van der Waals surface area contributed by atoms with Crippen LogP contribution in [0.15, 0.2) is 12.3 Å². The molecule has 0 spiro atoms. The van der Waals surface area contributed by atoms with Gasteiger partial charge in [0.25, 0.3) is 0 Å². The third-order valence-electron chi connectivity index (χ3n) is 3.14. The van der Waals surface area contributed by atoms with Crippen LogP contribution in [0.1, 0.15) is 39.0 Å². The Labute approximate surface area is 91.9 Å². The van der Waals surface area contributed by atoms with Gasteiger partial charge < -0.3 is 10.1 Å². The predicted molar refractivity (Wildman–Crippen MR) is 60.3 cm³/mol. The van der Waals surface area contributed by atoms with Crippen molar-refractivity contribution >= 4 is 5.97 Å². The normalized spacial score (nSPS) is 20.1. The molecule has 1 aliphatic carbocycles. The summed E-state index contributed by atoms with van der Waals surface area (Å²) in [5, 5.41) is 3.24. The van der Waals surface area contributed by atoms with Gasteiger partial charge in [-0.3, -0.25) is 0 Å². The minimum Gasteiger partial charge on any atom is -0.466 e. The zero-order valence-electron chi connectivity index (χ0n) is 9.66. The van der Waals surface area contributed by atoms with Crippen molar-refractivity contribution in [1.82, 2.24) is 5.32 Å². The highest BCUT2D eigenvalue weighted by Gasteiger charge is 2.18. The largest absolute Gasteiger partial charge is 0.466 e. The summed E-state index contributed by atoms with van der Waals surface area (Å²) < 4.78 is 4.51. The molecule has 0 aromatic heterocycles. The second kappa shape index (κ2) is 6.49. The molecule has 1 fully saturated rings. The molecule has 0 radical (unpaired) electrons. The van der Waals surface area contributed by atoms with Crippen LogP contribution in [0.5, 0.6) is 0 Å². The van der Waals surface area contributed by atoms with E-state index in [1.165, 1.54) is 45.3 Å². The molecular weight excluding hydrogens is 190 g/mol. The average molecular weight is 211 g/mol. The fourth-order valence-electron chi connectivity index (χ4n) is 2.11. The Bertz CT molecular complexity index is 220. The van der Waals surface area contributed by atoms with Crippen molar-refractivity contribution in [3.05, 3.63) is 12.3 Å². The Kier molecular flexibility index (Phi) is 5.22. The van der Waals surface area contributed by atoms with Crippen LogP contribution in [0.3, 0.4) is 0 Å². The topological polar surface area (TPSA) is 38.3 Å². The maximum Gasteiger partial charge on any atom is 0.331 e. The summed E-state index contributed by atoms with van der Waals surface area (Å²) in [5.41, 5.74) is 0. The van der Waals surface area contributed by atoms with E-state index >= 15 is 0 Å². The van der Waals surface area contributed by atoms with Gasteiger partial charge in [-0.25, -0.2) is 4.79 Å². The van der Waals surface area contributed by atoms with Gasteiger partial charge in [0.05, 0.1) is 7.11 Å². The van der Waals surface area contributed by atoms with E-state index in [4.69, 9.17) is 0 Å². The number of carbonyl (C=O) groups is 1. The lowest BCUT2D eigenvalue weighted by molar-refractivity contribution is -0.134. The Morgan fingerprint density at radius 2 is 2.07 bits per heavy atom. The Morgan fingerprint density at radius 1 is 1.40 bits per heavy atom. The van der Waals surface area contributed by atoms with E-state index in [0.29, 0.717) is 6.04 Å². The number of nitrogens with one attached hydrogen (secondary N) is 1. The highest BCUT2D eigenvalue weighted by Crippen LogP contribution is 2.26. The van der Waals surface area contributed by atoms with E-state index in [9.17, 15) is 4.79 Å². The van der Waals surface area contributed by atoms with E-state index < -0.39 is 0 Å². The van der Waals surface area contributed by atoms with Gasteiger partial charge >= 0.3 is 5.97 Å². The zero-order valence-corrected chi connectivity index (χ0v) is 9.66. The van der Waals surface area contributed by atoms with Crippen LogP contribution in [0.2, 0.25) is 0 Å². The minimum absolute atomic E-state index is 0.307. The first kappa shape index (κ1) is 12.1. The lowest BCUT2D eigenvalue weighted by Gasteiger charge is -2.27. The van der Waals surface area contributed by atoms with Crippen molar-refractivity contribution in [2.75, 3.05) is 7.11 Å². The van der Waals surface area contributed by atoms with E-state index in [0.717, 1.165) is 5.92 Å². The van der Waals surface area contributed by atoms with Crippen LogP contribution in [-0.2, 0) is 9.53 Å². The average Bonchev–Trinajstić information content (AvgIpc) is 2.29. The van der Waals surface area contributed by atoms with Crippen LogP contribution in [0.4, 0.5) is 0 Å². The molecule has 0 aliphatic heterocycles. The van der Waals surface area contributed by atoms with Crippen molar-refractivity contribution in [2.24, 2.45) is 5.92 Å². The van der Waals surface area contributed by atoms with E-state index in [1.807, 2.05) is 0 Å². The van der Waals surface area contributed by atoms with Gasteiger partial charge in [-0.15, -0.1) is 0 Å². The first-order valence-electron chi connectivity index (χ1n) is 5.74. The second-order valence-electron chi connectivity index (χ2n) is 4.21. The summed E-state index contributed by atoms with van der Waals surface area (Å²) in [6.45, 7) is 2.18. The zero-order chi connectivity index (χ0) is 11.1. The highest BCUT2D eigenvalue weighted by atomic mass is 16.5. The van der Waals surface area contributed by atoms with Crippen LogP contribution < -0.4 is 5.32 Å². The third-order valence-corrected chi connectivity index (χ3v) is 3.14.